The number of hydrogen-bond acceptors (Lipinski definition) is 9. The summed E-state index contributed by atoms with van der Waals surface area (Å²) in [5, 5.41) is 37.5. The van der Waals surface area contributed by atoms with Gasteiger partial charge in [0.25, 0.3) is 0 Å². The monoisotopic (exact) mass is 2420 g/mol. The Balaban J connectivity index is 0.000000194. The largest absolute Gasteiger partial charge is 0.316 e. The normalized spacial score (nSPS) is 10.6. The Kier molecular flexibility index (Phi) is 34.6. The van der Waals surface area contributed by atoms with Gasteiger partial charge in [0.05, 0.1) is 55.1 Å². The molecule has 12 aromatic carbocycles. The number of aryl methyl sites for hydroxylation is 12. The Morgan fingerprint density at radius 1 is 0.323 bits per heavy atom. The summed E-state index contributed by atoms with van der Waals surface area (Å²) in [5.74, 6) is 6.96. The summed E-state index contributed by atoms with van der Waals surface area (Å²) in [5.41, 5.74) is 32.7. The fraction of sp³-hybridized carbons (Fsp3) is 0.220. The fourth-order valence-corrected chi connectivity index (χ4v) is 16.5. The van der Waals surface area contributed by atoms with Crippen LogP contribution < -0.4 is 0 Å². The van der Waals surface area contributed by atoms with Crippen LogP contribution in [0.15, 0.2) is 212 Å². The van der Waals surface area contributed by atoms with Gasteiger partial charge in [0.2, 0.25) is 0 Å². The number of nitriles is 1. The molecule has 16 rings (SSSR count). The van der Waals surface area contributed by atoms with E-state index in [0.29, 0.717) is 51.5 Å². The van der Waals surface area contributed by atoms with Crippen LogP contribution in [0.3, 0.4) is 0 Å². The van der Waals surface area contributed by atoms with Gasteiger partial charge in [-0.05, 0) is 186 Å². The SMILES string of the molecule is [C-]#[N+]c1cc(C#N)[c-]c(-c2nnc(-c3ccccc3C)n2-c2c(C(C)C)cccc2C(C)C)c1.[C-]#[N+]c1cc(C)c(-c2cc[c-]c(-c3nc(C)nn3-c3c(C)cc(C)cc3C)c2)c(C)c1.[C-]#[N+]c1ccc(-c2cc[c-]c(-c3nc(C)nn3-c3c(C)cc(C)cc3C)c2)cc1.[C-]#[N+]c1ccc(C)c(-c2nnc(-c3[c-]cccc3)n2-c2c(C(C)C)cccc2C(C)C)c1.[Ir].[Ir].[Ir].[Ir]. The zero-order chi connectivity index (χ0) is 90.1. The fourth-order valence-electron chi connectivity index (χ4n) is 16.5. The third-order valence-corrected chi connectivity index (χ3v) is 22.2. The van der Waals surface area contributed by atoms with Crippen LogP contribution in [0, 0.1) is 145 Å². The van der Waals surface area contributed by atoms with Gasteiger partial charge in [-0.15, -0.1) is 135 Å². The Labute approximate surface area is 819 Å². The number of aromatic nitrogens is 12. The van der Waals surface area contributed by atoms with Gasteiger partial charge in [-0.3, -0.25) is 24.2 Å². The summed E-state index contributed by atoms with van der Waals surface area (Å²) in [7, 11) is 0. The van der Waals surface area contributed by atoms with Crippen molar-refractivity contribution in [2.45, 2.75) is 162 Å². The minimum atomic E-state index is 0. The molecular weight excluding hydrogens is 2320 g/mol. The molecule has 0 aliphatic heterocycles. The van der Waals surface area contributed by atoms with Gasteiger partial charge in [0, 0.05) is 103 Å². The topological polar surface area (TPSA) is 164 Å². The van der Waals surface area contributed by atoms with Crippen molar-refractivity contribution in [1.82, 2.24) is 59.1 Å². The summed E-state index contributed by atoms with van der Waals surface area (Å²) in [4.78, 5) is 23.7. The van der Waals surface area contributed by atoms with Gasteiger partial charge in [-0.25, -0.2) is 19.8 Å². The average molecular weight is 2420 g/mol. The molecule has 130 heavy (non-hydrogen) atoms. The van der Waals surface area contributed by atoms with Crippen molar-refractivity contribution in [2.24, 2.45) is 0 Å². The molecule has 660 valence electrons. The molecule has 16 aromatic rings. The maximum Gasteiger partial charge on any atom is 0.187 e. The summed E-state index contributed by atoms with van der Waals surface area (Å²) in [6, 6.07) is 85.5. The molecule has 17 nitrogen and oxygen atoms in total. The first-order valence-electron chi connectivity index (χ1n) is 42.1. The Morgan fingerprint density at radius 2 is 0.731 bits per heavy atom. The molecule has 0 N–H and O–H groups in total. The Morgan fingerprint density at radius 3 is 1.18 bits per heavy atom. The summed E-state index contributed by atoms with van der Waals surface area (Å²) in [6.45, 7) is 71.7. The molecule has 21 heteroatoms. The van der Waals surface area contributed by atoms with E-state index in [-0.39, 0.29) is 92.3 Å². The van der Waals surface area contributed by atoms with E-state index >= 15 is 0 Å². The second kappa shape index (κ2) is 44.5. The third-order valence-electron chi connectivity index (χ3n) is 22.2. The number of rotatable bonds is 16. The molecule has 0 unspecified atom stereocenters. The molecule has 0 atom stereocenters. The van der Waals surface area contributed by atoms with Crippen molar-refractivity contribution in [3.05, 3.63) is 377 Å². The molecule has 4 heterocycles. The second-order valence-corrected chi connectivity index (χ2v) is 33.1. The predicted molar refractivity (Wildman–Crippen MR) is 507 cm³/mol. The quantitative estimate of drug-likeness (QED) is 0.0856. The number of nitrogens with zero attached hydrogens (tertiary/aromatic N) is 17. The van der Waals surface area contributed by atoms with Gasteiger partial charge in [-0.2, -0.15) is 20.4 Å². The second-order valence-electron chi connectivity index (χ2n) is 33.1. The molecule has 0 saturated carbocycles. The Bertz CT molecular complexity index is 6870. The van der Waals surface area contributed by atoms with Gasteiger partial charge in [0.1, 0.15) is 23.2 Å². The van der Waals surface area contributed by atoms with Crippen molar-refractivity contribution in [2.75, 3.05) is 0 Å². The van der Waals surface area contributed by atoms with E-state index in [9.17, 15) is 5.26 Å². The molecule has 0 aliphatic carbocycles. The van der Waals surface area contributed by atoms with Crippen molar-refractivity contribution >= 4 is 22.7 Å². The molecule has 0 aliphatic rings. The standard InChI is InChI=1S/C29H26N5.C28H27N4.C27H25N4.C25H21N4.4Ir/c1-18(2)24-12-9-13-25(19(3)4)27(24)34-28(22-14-21(17-30)15-23(16-22)31-6)32-33-29(34)26-11-8-7-10-20(26)5;1-18(2)23-13-10-14-24(19(3)4)26(23)32-27(21-11-8-7-9-12-21)30-31-28(32)25-17-22(29-6)16-15-20(25)5;1-16-11-19(4)26(20(5)12-16)31-27(29-21(6)30-31)23-10-8-9-22(15-23)25-17(2)13-24(28-7)14-18(25)3;1-16-13-17(2)24(18(3)14-16)29-25(27-19(4)28-29)22-8-6-7-21(15-22)20-9-11-23(26-5)12-10-20;;;;/h7-13,15-16,18-19H,1-5H3;7-11,13-19H,1-5H3;8-9,11-15H,1-6H3;6-7,9-15H,1-4H3;;;;/q4*-1;;;;. The molecule has 0 amide bonds. The predicted octanol–water partition coefficient (Wildman–Crippen LogP) is 27.9. The van der Waals surface area contributed by atoms with E-state index in [1.807, 2.05) is 145 Å². The van der Waals surface area contributed by atoms with Gasteiger partial charge < -0.3 is 9.13 Å². The van der Waals surface area contributed by atoms with Crippen LogP contribution in [0.2, 0.25) is 0 Å². The van der Waals surface area contributed by atoms with Gasteiger partial charge in [-0.1, -0.05) is 222 Å². The van der Waals surface area contributed by atoms with Crippen molar-refractivity contribution < 1.29 is 80.4 Å². The van der Waals surface area contributed by atoms with E-state index in [1.165, 1.54) is 55.6 Å². The summed E-state index contributed by atoms with van der Waals surface area (Å²) >= 11 is 0. The first-order chi connectivity index (χ1) is 60.5. The van der Waals surface area contributed by atoms with Crippen LogP contribution >= 0.6 is 0 Å². The number of para-hydroxylation sites is 2. The van der Waals surface area contributed by atoms with Gasteiger partial charge >= 0.3 is 0 Å². The summed E-state index contributed by atoms with van der Waals surface area (Å²) < 4.78 is 8.13. The molecule has 0 saturated heterocycles. The summed E-state index contributed by atoms with van der Waals surface area (Å²) in [6.07, 6.45) is 0. The van der Waals surface area contributed by atoms with E-state index in [0.717, 1.165) is 136 Å². The smallest absolute Gasteiger partial charge is 0.187 e. The van der Waals surface area contributed by atoms with Gasteiger partial charge in [0.15, 0.2) is 28.7 Å². The maximum absolute atomic E-state index is 9.54. The van der Waals surface area contributed by atoms with Crippen LogP contribution in [0.25, 0.3) is 133 Å². The van der Waals surface area contributed by atoms with Crippen LogP contribution in [-0.4, -0.2) is 59.1 Å². The van der Waals surface area contributed by atoms with E-state index in [1.54, 1.807) is 12.1 Å². The van der Waals surface area contributed by atoms with E-state index in [2.05, 4.69) is 287 Å². The third kappa shape index (κ3) is 22.0. The van der Waals surface area contributed by atoms with Crippen LogP contribution in [0.5, 0.6) is 0 Å². The molecule has 0 fully saturated rings. The average Bonchev–Trinajstić information content (AvgIpc) is 1.60. The number of hydrogen-bond donors (Lipinski definition) is 0. The molecule has 0 bridgehead atoms. The zero-order valence-electron chi connectivity index (χ0n) is 76.5. The van der Waals surface area contributed by atoms with Crippen LogP contribution in [0.1, 0.15) is 174 Å². The van der Waals surface area contributed by atoms with Crippen LogP contribution in [-0.2, 0) is 80.4 Å². The first kappa shape index (κ1) is 101. The number of benzene rings is 12. The minimum absolute atomic E-state index is 0. The molecular formula is C109H99Ir4N17-4. The van der Waals surface area contributed by atoms with E-state index in [4.69, 9.17) is 41.4 Å². The van der Waals surface area contributed by atoms with Crippen molar-refractivity contribution in [3.8, 4) is 119 Å². The maximum atomic E-state index is 9.54. The Hall–Kier alpha value is -12.8. The molecule has 4 radical (unpaired) electrons. The zero-order valence-corrected chi connectivity index (χ0v) is 86.0. The molecule has 0 spiro atoms. The minimum Gasteiger partial charge on any atom is -0.316 e. The van der Waals surface area contributed by atoms with Crippen LogP contribution in [0.4, 0.5) is 22.7 Å². The molecule has 4 aromatic heterocycles. The van der Waals surface area contributed by atoms with Crippen molar-refractivity contribution in [3.63, 3.8) is 0 Å². The first-order valence-corrected chi connectivity index (χ1v) is 42.1. The van der Waals surface area contributed by atoms with Crippen molar-refractivity contribution in [1.29, 1.82) is 5.26 Å². The van der Waals surface area contributed by atoms with E-state index < -0.39 is 0 Å².